The number of nitrogen functional groups attached to an aromatic ring is 1. The minimum Gasteiger partial charge on any atom is -0.481 e. The van der Waals surface area contributed by atoms with E-state index in [4.69, 9.17) is 15.9 Å². The zero-order valence-electron chi connectivity index (χ0n) is 8.30. The van der Waals surface area contributed by atoms with Crippen molar-refractivity contribution in [2.24, 2.45) is 0 Å². The summed E-state index contributed by atoms with van der Waals surface area (Å²) in [7, 11) is 0. The van der Waals surface area contributed by atoms with Crippen molar-refractivity contribution in [1.29, 1.82) is 0 Å². The number of carboxylic acid groups (broad SMARTS) is 2. The number of benzene rings is 1. The number of carboxylic acids is 2. The highest BCUT2D eigenvalue weighted by Gasteiger charge is 2.03. The second kappa shape index (κ2) is 6.42. The molecule has 0 aliphatic rings. The van der Waals surface area contributed by atoms with Crippen molar-refractivity contribution >= 4 is 17.6 Å². The van der Waals surface area contributed by atoms with Gasteiger partial charge in [0.15, 0.2) is 0 Å². The molecule has 0 unspecified atom stereocenters. The molecule has 0 radical (unpaired) electrons. The van der Waals surface area contributed by atoms with Gasteiger partial charge in [0.1, 0.15) is 0 Å². The van der Waals surface area contributed by atoms with Gasteiger partial charge in [-0.15, -0.1) is 0 Å². The molecule has 0 aliphatic carbocycles. The first-order valence-corrected chi connectivity index (χ1v) is 4.28. The fraction of sp³-hybridized carbons (Fsp3) is 0.200. The first-order chi connectivity index (χ1) is 6.99. The maximum atomic E-state index is 10.3. The molecule has 5 heteroatoms. The number of aromatic carboxylic acids is 1. The molecule has 4 N–H and O–H groups in total. The predicted octanol–water partition coefficient (Wildman–Crippen LogP) is 1.45. The number of hydrogen-bond donors (Lipinski definition) is 3. The minimum absolute atomic E-state index is 0.155. The van der Waals surface area contributed by atoms with Gasteiger partial charge in [0, 0.05) is 12.1 Å². The molecule has 1 aromatic carbocycles. The average molecular weight is 211 g/mol. The van der Waals surface area contributed by atoms with Gasteiger partial charge in [0.25, 0.3) is 0 Å². The van der Waals surface area contributed by atoms with E-state index in [-0.39, 0.29) is 12.0 Å². The minimum atomic E-state index is -0.988. The molecular formula is C10H13NO4. The van der Waals surface area contributed by atoms with E-state index in [1.54, 1.807) is 25.1 Å². The number of hydrogen-bond acceptors (Lipinski definition) is 3. The molecule has 0 saturated heterocycles. The maximum absolute atomic E-state index is 10.3. The quantitative estimate of drug-likeness (QED) is 0.642. The van der Waals surface area contributed by atoms with Crippen molar-refractivity contribution < 1.29 is 19.8 Å². The van der Waals surface area contributed by atoms with E-state index in [0.717, 1.165) is 0 Å². The molecule has 0 aliphatic heterocycles. The lowest BCUT2D eigenvalue weighted by atomic mass is 10.2. The largest absolute Gasteiger partial charge is 0.481 e. The maximum Gasteiger partial charge on any atom is 0.337 e. The van der Waals surface area contributed by atoms with Gasteiger partial charge in [0.2, 0.25) is 0 Å². The van der Waals surface area contributed by atoms with E-state index < -0.39 is 11.9 Å². The van der Waals surface area contributed by atoms with Crippen LogP contribution in [0.2, 0.25) is 0 Å². The predicted molar refractivity (Wildman–Crippen MR) is 55.7 cm³/mol. The van der Waals surface area contributed by atoms with Gasteiger partial charge >= 0.3 is 11.9 Å². The normalized spacial score (nSPS) is 8.60. The summed E-state index contributed by atoms with van der Waals surface area (Å²) in [6, 6.07) is 6.36. The smallest absolute Gasteiger partial charge is 0.337 e. The van der Waals surface area contributed by atoms with Gasteiger partial charge in [-0.1, -0.05) is 19.1 Å². The molecule has 5 nitrogen and oxygen atoms in total. The number of para-hydroxylation sites is 1. The highest BCUT2D eigenvalue weighted by Crippen LogP contribution is 2.08. The fourth-order valence-corrected chi connectivity index (χ4v) is 0.692. The van der Waals surface area contributed by atoms with Crippen molar-refractivity contribution in [3.8, 4) is 0 Å². The van der Waals surface area contributed by atoms with Crippen LogP contribution in [0.4, 0.5) is 5.69 Å². The Bertz CT molecular complexity index is 349. The molecule has 0 bridgehead atoms. The Morgan fingerprint density at radius 1 is 1.27 bits per heavy atom. The lowest BCUT2D eigenvalue weighted by molar-refractivity contribution is -0.136. The van der Waals surface area contributed by atoms with Gasteiger partial charge < -0.3 is 15.9 Å². The Labute approximate surface area is 87.1 Å². The van der Waals surface area contributed by atoms with Crippen molar-refractivity contribution in [3.05, 3.63) is 29.8 Å². The summed E-state index contributed by atoms with van der Waals surface area (Å²) >= 11 is 0. The third-order valence-corrected chi connectivity index (χ3v) is 1.49. The SMILES string of the molecule is CCC(=O)O.Nc1ccccc1C(=O)O. The Hall–Kier alpha value is -2.04. The van der Waals surface area contributed by atoms with Crippen molar-refractivity contribution in [2.75, 3.05) is 5.73 Å². The third-order valence-electron chi connectivity index (χ3n) is 1.49. The average Bonchev–Trinajstić information content (AvgIpc) is 2.19. The molecule has 0 amide bonds. The number of anilines is 1. The van der Waals surface area contributed by atoms with Crippen LogP contribution in [0.3, 0.4) is 0 Å². The molecule has 15 heavy (non-hydrogen) atoms. The van der Waals surface area contributed by atoms with Gasteiger partial charge in [-0.25, -0.2) is 4.79 Å². The number of rotatable bonds is 2. The van der Waals surface area contributed by atoms with E-state index in [9.17, 15) is 9.59 Å². The van der Waals surface area contributed by atoms with Crippen molar-refractivity contribution in [3.63, 3.8) is 0 Å². The van der Waals surface area contributed by atoms with Crippen LogP contribution in [-0.4, -0.2) is 22.2 Å². The molecule has 0 heterocycles. The van der Waals surface area contributed by atoms with Crippen molar-refractivity contribution in [1.82, 2.24) is 0 Å². The monoisotopic (exact) mass is 211 g/mol. The zero-order chi connectivity index (χ0) is 11.8. The Balaban J connectivity index is 0.000000336. The first-order valence-electron chi connectivity index (χ1n) is 4.28. The fourth-order valence-electron chi connectivity index (χ4n) is 0.692. The summed E-state index contributed by atoms with van der Waals surface area (Å²) in [6.07, 6.45) is 0.222. The summed E-state index contributed by atoms with van der Waals surface area (Å²) in [4.78, 5) is 19.7. The molecule has 0 spiro atoms. The number of carbonyl (C=O) groups is 2. The Kier molecular flexibility index (Phi) is 5.55. The van der Waals surface area contributed by atoms with E-state index in [1.807, 2.05) is 0 Å². The van der Waals surface area contributed by atoms with Crippen LogP contribution in [0, 0.1) is 0 Å². The van der Waals surface area contributed by atoms with Crippen LogP contribution in [0.25, 0.3) is 0 Å². The summed E-state index contributed by atoms with van der Waals surface area (Å²) in [6.45, 7) is 1.60. The third kappa shape index (κ3) is 5.30. The highest BCUT2D eigenvalue weighted by atomic mass is 16.4. The zero-order valence-corrected chi connectivity index (χ0v) is 8.30. The van der Waals surface area contributed by atoms with E-state index in [1.165, 1.54) is 6.07 Å². The van der Waals surface area contributed by atoms with Crippen LogP contribution in [0.1, 0.15) is 23.7 Å². The number of nitrogens with two attached hydrogens (primary N) is 1. The molecule has 0 saturated carbocycles. The van der Waals surface area contributed by atoms with E-state index in [2.05, 4.69) is 0 Å². The van der Waals surface area contributed by atoms with Gasteiger partial charge in [-0.2, -0.15) is 0 Å². The Morgan fingerprint density at radius 2 is 1.73 bits per heavy atom. The molecular weight excluding hydrogens is 198 g/mol. The lowest BCUT2D eigenvalue weighted by Gasteiger charge is -1.96. The summed E-state index contributed by atoms with van der Waals surface area (Å²) in [5, 5.41) is 16.2. The summed E-state index contributed by atoms with van der Waals surface area (Å²) in [5.41, 5.74) is 5.80. The van der Waals surface area contributed by atoms with E-state index in [0.29, 0.717) is 5.69 Å². The van der Waals surface area contributed by atoms with Gasteiger partial charge in [-0.3, -0.25) is 4.79 Å². The Morgan fingerprint density at radius 3 is 2.00 bits per heavy atom. The molecule has 0 atom stereocenters. The lowest BCUT2D eigenvalue weighted by Crippen LogP contribution is -2.00. The van der Waals surface area contributed by atoms with Gasteiger partial charge in [-0.05, 0) is 12.1 Å². The highest BCUT2D eigenvalue weighted by molar-refractivity contribution is 5.93. The standard InChI is InChI=1S/C7H7NO2.C3H6O2/c8-6-4-2-1-3-5(6)7(9)10;1-2-3(4)5/h1-4H,8H2,(H,9,10);2H2,1H3,(H,4,5). The molecule has 82 valence electrons. The van der Waals surface area contributed by atoms with Crippen LogP contribution >= 0.6 is 0 Å². The second-order valence-corrected chi connectivity index (χ2v) is 2.64. The van der Waals surface area contributed by atoms with Gasteiger partial charge in [0.05, 0.1) is 5.56 Å². The second-order valence-electron chi connectivity index (χ2n) is 2.64. The topological polar surface area (TPSA) is 101 Å². The van der Waals surface area contributed by atoms with Crippen LogP contribution < -0.4 is 5.73 Å². The molecule has 0 fully saturated rings. The molecule has 1 aromatic rings. The number of aliphatic carboxylic acids is 1. The summed E-state index contributed by atoms with van der Waals surface area (Å²) < 4.78 is 0. The van der Waals surface area contributed by atoms with Crippen LogP contribution in [-0.2, 0) is 4.79 Å². The summed E-state index contributed by atoms with van der Waals surface area (Å²) in [5.74, 6) is -1.73. The van der Waals surface area contributed by atoms with Crippen LogP contribution in [0.15, 0.2) is 24.3 Å². The van der Waals surface area contributed by atoms with Crippen molar-refractivity contribution in [2.45, 2.75) is 13.3 Å². The van der Waals surface area contributed by atoms with E-state index >= 15 is 0 Å². The van der Waals surface area contributed by atoms with Crippen LogP contribution in [0.5, 0.6) is 0 Å². The molecule has 1 rings (SSSR count). The molecule has 0 aromatic heterocycles. The first kappa shape index (κ1) is 13.0.